The van der Waals surface area contributed by atoms with Gasteiger partial charge in [-0.2, -0.15) is 0 Å². The van der Waals surface area contributed by atoms with Crippen molar-refractivity contribution in [2.24, 2.45) is 0 Å². The maximum atomic E-state index is 6.20. The van der Waals surface area contributed by atoms with Gasteiger partial charge in [0, 0.05) is 0 Å². The molecule has 2 unspecified atom stereocenters. The van der Waals surface area contributed by atoms with Crippen LogP contribution in [0.15, 0.2) is 12.2 Å². The number of allylic oxidation sites excluding steroid dienone is 2. The van der Waals surface area contributed by atoms with Gasteiger partial charge in [-0.25, -0.2) is 0 Å². The third-order valence-electron chi connectivity index (χ3n) is 5.12. The van der Waals surface area contributed by atoms with Crippen LogP contribution in [0, 0.1) is 0 Å². The Bertz CT molecular complexity index is 443. The molecule has 26 heavy (non-hydrogen) atoms. The Hall–Kier alpha value is -0.420. The molecule has 0 saturated carbocycles. The number of ether oxygens (including phenoxy) is 4. The van der Waals surface area contributed by atoms with Crippen LogP contribution >= 0.6 is 0 Å². The molecule has 2 heterocycles. The first kappa shape index (κ1) is 21.9. The lowest BCUT2D eigenvalue weighted by atomic mass is 9.98. The van der Waals surface area contributed by atoms with Crippen LogP contribution in [0.4, 0.5) is 0 Å². The predicted molar refractivity (Wildman–Crippen MR) is 105 cm³/mol. The molecule has 0 spiro atoms. The fourth-order valence-electron chi connectivity index (χ4n) is 4.07. The van der Waals surface area contributed by atoms with Crippen LogP contribution in [-0.2, 0) is 18.9 Å². The largest absolute Gasteiger partial charge is 0.345 e. The second-order valence-electron chi connectivity index (χ2n) is 8.63. The molecule has 0 aliphatic carbocycles. The molecule has 0 aromatic carbocycles. The highest BCUT2D eigenvalue weighted by atomic mass is 16.8. The van der Waals surface area contributed by atoms with Gasteiger partial charge in [-0.3, -0.25) is 0 Å². The molecule has 0 bridgehead atoms. The zero-order valence-corrected chi connectivity index (χ0v) is 17.8. The minimum atomic E-state index is -0.489. The molecule has 0 N–H and O–H groups in total. The van der Waals surface area contributed by atoms with Gasteiger partial charge < -0.3 is 18.9 Å². The van der Waals surface area contributed by atoms with Crippen molar-refractivity contribution in [3.05, 3.63) is 12.2 Å². The summed E-state index contributed by atoms with van der Waals surface area (Å²) in [5.41, 5.74) is 0. The smallest absolute Gasteiger partial charge is 0.163 e. The molecule has 4 nitrogen and oxygen atoms in total. The van der Waals surface area contributed by atoms with Crippen molar-refractivity contribution in [2.75, 3.05) is 0 Å². The van der Waals surface area contributed by atoms with E-state index in [0.717, 1.165) is 44.9 Å². The zero-order chi connectivity index (χ0) is 19.2. The fraction of sp³-hybridized carbons (Fsp3) is 0.909. The van der Waals surface area contributed by atoms with E-state index in [1.807, 2.05) is 27.7 Å². The third-order valence-corrected chi connectivity index (χ3v) is 5.12. The molecule has 0 radical (unpaired) electrons. The van der Waals surface area contributed by atoms with E-state index in [1.165, 1.54) is 6.42 Å². The summed E-state index contributed by atoms with van der Waals surface area (Å²) in [6, 6.07) is 0. The maximum Gasteiger partial charge on any atom is 0.163 e. The van der Waals surface area contributed by atoms with Gasteiger partial charge in [-0.15, -0.1) is 0 Å². The average Bonchev–Trinajstić information content (AvgIpc) is 3.00. The predicted octanol–water partition coefficient (Wildman–Crippen LogP) is 5.74. The van der Waals surface area contributed by atoms with Gasteiger partial charge in [-0.05, 0) is 66.2 Å². The second kappa shape index (κ2) is 9.68. The molecule has 0 aromatic heterocycles. The Morgan fingerprint density at radius 3 is 1.46 bits per heavy atom. The van der Waals surface area contributed by atoms with Crippen LogP contribution in [0.2, 0.25) is 0 Å². The van der Waals surface area contributed by atoms with E-state index < -0.39 is 11.6 Å². The number of rotatable bonds is 10. The molecule has 2 aliphatic rings. The Morgan fingerprint density at radius 1 is 0.577 bits per heavy atom. The molecule has 152 valence electrons. The normalized spacial score (nSPS) is 33.3. The van der Waals surface area contributed by atoms with Crippen LogP contribution in [0.5, 0.6) is 0 Å². The summed E-state index contributed by atoms with van der Waals surface area (Å²) in [6.07, 6.45) is 13.7. The second-order valence-corrected chi connectivity index (χ2v) is 8.63. The Labute approximate surface area is 160 Å². The lowest BCUT2D eigenvalue weighted by Crippen LogP contribution is -2.28. The van der Waals surface area contributed by atoms with E-state index in [2.05, 4.69) is 26.0 Å². The van der Waals surface area contributed by atoms with Crippen LogP contribution in [0.1, 0.15) is 92.9 Å². The summed E-state index contributed by atoms with van der Waals surface area (Å²) >= 11 is 0. The lowest BCUT2D eigenvalue weighted by molar-refractivity contribution is -0.152. The fourth-order valence-corrected chi connectivity index (χ4v) is 4.07. The minimum Gasteiger partial charge on any atom is -0.345 e. The minimum absolute atomic E-state index is 0.138. The van der Waals surface area contributed by atoms with Crippen LogP contribution in [0.3, 0.4) is 0 Å². The number of hydrogen-bond donors (Lipinski definition) is 0. The van der Waals surface area contributed by atoms with Crippen molar-refractivity contribution in [1.29, 1.82) is 0 Å². The van der Waals surface area contributed by atoms with E-state index in [1.54, 1.807) is 0 Å². The third kappa shape index (κ3) is 6.63. The molecule has 4 heteroatoms. The first-order valence-electron chi connectivity index (χ1n) is 10.6. The summed E-state index contributed by atoms with van der Waals surface area (Å²) < 4.78 is 24.6. The molecule has 4 atom stereocenters. The van der Waals surface area contributed by atoms with Gasteiger partial charge in [0.15, 0.2) is 11.6 Å². The van der Waals surface area contributed by atoms with Crippen molar-refractivity contribution in [3.63, 3.8) is 0 Å². The highest BCUT2D eigenvalue weighted by molar-refractivity contribution is 4.89. The summed E-state index contributed by atoms with van der Waals surface area (Å²) in [5, 5.41) is 0. The van der Waals surface area contributed by atoms with Crippen molar-refractivity contribution < 1.29 is 18.9 Å². The Kier molecular flexibility index (Phi) is 8.14. The highest BCUT2D eigenvalue weighted by Gasteiger charge is 2.44. The van der Waals surface area contributed by atoms with E-state index >= 15 is 0 Å². The standard InChI is InChI=1S/C22H40O4/c1-7-9-10-11-12-14-18-20(26-22(5,6)24-18)16-15-19-17(13-8-2)23-21(3,4)25-19/h10-11,17-20H,7-9,12-16H2,1-6H3/b11-10+/t17-,18?,19-,20?/m1/s1. The van der Waals surface area contributed by atoms with Gasteiger partial charge in [-0.1, -0.05) is 38.8 Å². The van der Waals surface area contributed by atoms with Gasteiger partial charge in [0.2, 0.25) is 0 Å². The Morgan fingerprint density at radius 2 is 1.00 bits per heavy atom. The van der Waals surface area contributed by atoms with Crippen molar-refractivity contribution in [2.45, 2.75) is 129 Å². The molecule has 2 fully saturated rings. The summed E-state index contributed by atoms with van der Waals surface area (Å²) in [6.45, 7) is 12.5. The molecule has 2 rings (SSSR count). The Balaban J connectivity index is 1.86. The quantitative estimate of drug-likeness (QED) is 0.461. The first-order chi connectivity index (χ1) is 12.3. The van der Waals surface area contributed by atoms with Crippen molar-refractivity contribution in [3.8, 4) is 0 Å². The summed E-state index contributed by atoms with van der Waals surface area (Å²) in [7, 11) is 0. The van der Waals surface area contributed by atoms with Gasteiger partial charge in [0.25, 0.3) is 0 Å². The molecule has 2 aliphatic heterocycles. The molecule has 0 amide bonds. The SMILES string of the molecule is CCC/C=C/CCC1OC(C)(C)OC1CC[C@H]1OC(C)(C)O[C@@H]1CCC. The van der Waals surface area contributed by atoms with Crippen LogP contribution < -0.4 is 0 Å². The van der Waals surface area contributed by atoms with Crippen LogP contribution in [0.25, 0.3) is 0 Å². The van der Waals surface area contributed by atoms with E-state index in [4.69, 9.17) is 18.9 Å². The zero-order valence-electron chi connectivity index (χ0n) is 17.8. The topological polar surface area (TPSA) is 36.9 Å². The molecule has 2 saturated heterocycles. The van der Waals surface area contributed by atoms with Crippen molar-refractivity contribution >= 4 is 0 Å². The number of hydrogen-bond acceptors (Lipinski definition) is 4. The maximum absolute atomic E-state index is 6.20. The van der Waals surface area contributed by atoms with E-state index in [9.17, 15) is 0 Å². The van der Waals surface area contributed by atoms with Gasteiger partial charge >= 0.3 is 0 Å². The van der Waals surface area contributed by atoms with Gasteiger partial charge in [0.1, 0.15) is 0 Å². The summed E-state index contributed by atoms with van der Waals surface area (Å²) in [5.74, 6) is -0.960. The summed E-state index contributed by atoms with van der Waals surface area (Å²) in [4.78, 5) is 0. The molecular formula is C22H40O4. The lowest BCUT2D eigenvalue weighted by Gasteiger charge is -2.21. The first-order valence-corrected chi connectivity index (χ1v) is 10.6. The molecule has 0 aromatic rings. The average molecular weight is 369 g/mol. The molecular weight excluding hydrogens is 328 g/mol. The highest BCUT2D eigenvalue weighted by Crippen LogP contribution is 2.37. The van der Waals surface area contributed by atoms with E-state index in [-0.39, 0.29) is 24.4 Å². The number of unbranched alkanes of at least 4 members (excludes halogenated alkanes) is 1. The monoisotopic (exact) mass is 368 g/mol. The van der Waals surface area contributed by atoms with Crippen LogP contribution in [-0.4, -0.2) is 36.0 Å². The van der Waals surface area contributed by atoms with Gasteiger partial charge in [0.05, 0.1) is 24.4 Å². The van der Waals surface area contributed by atoms with Crippen molar-refractivity contribution in [1.82, 2.24) is 0 Å². The van der Waals surface area contributed by atoms with E-state index in [0.29, 0.717) is 0 Å².